The van der Waals surface area contributed by atoms with Crippen molar-refractivity contribution in [2.75, 3.05) is 25.0 Å². The fourth-order valence-electron chi connectivity index (χ4n) is 5.23. The van der Waals surface area contributed by atoms with Gasteiger partial charge in [-0.2, -0.15) is 5.10 Å². The molecule has 6 heteroatoms. The molecule has 1 aromatic heterocycles. The van der Waals surface area contributed by atoms with E-state index in [2.05, 4.69) is 72.2 Å². The number of hydrogen-bond acceptors (Lipinski definition) is 4. The average Bonchev–Trinajstić information content (AvgIpc) is 3.38. The van der Waals surface area contributed by atoms with Crippen molar-refractivity contribution in [3.8, 4) is 0 Å². The van der Waals surface area contributed by atoms with Crippen molar-refractivity contribution in [1.82, 2.24) is 19.6 Å². The minimum absolute atomic E-state index is 0.0810. The Morgan fingerprint density at radius 2 is 1.88 bits per heavy atom. The molecule has 0 radical (unpaired) electrons. The van der Waals surface area contributed by atoms with Crippen molar-refractivity contribution in [2.24, 2.45) is 5.92 Å². The van der Waals surface area contributed by atoms with Gasteiger partial charge in [0.25, 0.3) is 5.91 Å². The van der Waals surface area contributed by atoms with E-state index in [1.807, 2.05) is 10.7 Å². The Morgan fingerprint density at radius 1 is 1.09 bits per heavy atom. The van der Waals surface area contributed by atoms with Crippen LogP contribution < -0.4 is 5.32 Å². The molecule has 2 aliphatic heterocycles. The Balaban J connectivity index is 1.66. The molecule has 0 spiro atoms. The molecule has 2 aromatic rings. The van der Waals surface area contributed by atoms with Crippen molar-refractivity contribution in [3.05, 3.63) is 47.8 Å². The summed E-state index contributed by atoms with van der Waals surface area (Å²) in [5.74, 6) is 0.769. The maximum atomic E-state index is 13.8. The van der Waals surface area contributed by atoms with E-state index in [-0.39, 0.29) is 11.9 Å². The first-order chi connectivity index (χ1) is 15.4. The van der Waals surface area contributed by atoms with Gasteiger partial charge in [-0.15, -0.1) is 0 Å². The van der Waals surface area contributed by atoms with Gasteiger partial charge in [0, 0.05) is 49.6 Å². The molecule has 2 aliphatic rings. The quantitative estimate of drug-likeness (QED) is 0.730. The molecule has 2 atom stereocenters. The van der Waals surface area contributed by atoms with Crippen molar-refractivity contribution >= 4 is 11.6 Å². The highest BCUT2D eigenvalue weighted by Crippen LogP contribution is 2.30. The van der Waals surface area contributed by atoms with Crippen LogP contribution in [-0.2, 0) is 6.54 Å². The molecular weight excluding hydrogens is 398 g/mol. The number of benzene rings is 1. The predicted molar refractivity (Wildman–Crippen MR) is 130 cm³/mol. The van der Waals surface area contributed by atoms with Crippen LogP contribution in [0, 0.1) is 5.92 Å². The highest BCUT2D eigenvalue weighted by molar-refractivity contribution is 5.92. The normalized spacial score (nSPS) is 22.0. The molecule has 32 heavy (non-hydrogen) atoms. The molecule has 1 N–H and O–H groups in total. The number of nitrogens with zero attached hydrogens (tertiary/aromatic N) is 4. The maximum absolute atomic E-state index is 13.8. The zero-order valence-corrected chi connectivity index (χ0v) is 20.1. The van der Waals surface area contributed by atoms with E-state index in [0.717, 1.165) is 38.2 Å². The molecule has 3 heterocycles. The van der Waals surface area contributed by atoms with Crippen molar-refractivity contribution < 1.29 is 4.79 Å². The van der Waals surface area contributed by atoms with Crippen LogP contribution in [0.5, 0.6) is 0 Å². The number of aromatic nitrogens is 2. The molecule has 1 fully saturated rings. The molecule has 1 saturated heterocycles. The minimum Gasteiger partial charge on any atom is -0.385 e. The standard InChI is InChI=1S/C26H39N5O/c1-19(2)13-16-30-22-9-10-23(30)18-29(26(32)25-12-15-28-31(25)20(3)4)17-21-7-5-6-8-24(21)27-14-11-22/h5-8,12,15,19-20,22-23,27H,9-11,13-14,16-18H2,1-4H3/t22-,23+/m1/s1. The third kappa shape index (κ3) is 5.01. The number of rotatable bonds is 5. The highest BCUT2D eigenvalue weighted by Gasteiger charge is 2.36. The van der Waals surface area contributed by atoms with E-state index in [9.17, 15) is 4.79 Å². The predicted octanol–water partition coefficient (Wildman–Crippen LogP) is 4.80. The summed E-state index contributed by atoms with van der Waals surface area (Å²) in [6.07, 6.45) is 6.48. The van der Waals surface area contributed by atoms with Crippen LogP contribution in [-0.4, -0.2) is 57.2 Å². The Bertz CT molecular complexity index is 905. The van der Waals surface area contributed by atoms with Crippen LogP contribution in [0.1, 0.15) is 75.5 Å². The zero-order chi connectivity index (χ0) is 22.7. The maximum Gasteiger partial charge on any atom is 0.272 e. The molecule has 1 amide bonds. The Labute approximate surface area is 193 Å². The zero-order valence-electron chi connectivity index (χ0n) is 20.1. The second-order valence-electron chi connectivity index (χ2n) is 10.1. The first-order valence-electron chi connectivity index (χ1n) is 12.3. The van der Waals surface area contributed by atoms with Gasteiger partial charge in [0.2, 0.25) is 0 Å². The smallest absolute Gasteiger partial charge is 0.272 e. The van der Waals surface area contributed by atoms with Gasteiger partial charge in [-0.25, -0.2) is 0 Å². The molecule has 0 aliphatic carbocycles. The second kappa shape index (κ2) is 10.1. The molecule has 1 aromatic carbocycles. The van der Waals surface area contributed by atoms with Crippen LogP contribution in [0.25, 0.3) is 0 Å². The lowest BCUT2D eigenvalue weighted by Crippen LogP contribution is -2.46. The summed E-state index contributed by atoms with van der Waals surface area (Å²) in [6, 6.07) is 11.5. The third-order valence-electron chi connectivity index (χ3n) is 7.00. The highest BCUT2D eigenvalue weighted by atomic mass is 16.2. The molecular formula is C26H39N5O. The van der Waals surface area contributed by atoms with E-state index in [0.29, 0.717) is 30.2 Å². The van der Waals surface area contributed by atoms with Crippen LogP contribution in [0.15, 0.2) is 36.5 Å². The van der Waals surface area contributed by atoms with E-state index in [4.69, 9.17) is 0 Å². The van der Waals surface area contributed by atoms with Crippen LogP contribution in [0.2, 0.25) is 0 Å². The summed E-state index contributed by atoms with van der Waals surface area (Å²) in [5.41, 5.74) is 3.01. The number of hydrogen-bond donors (Lipinski definition) is 1. The lowest BCUT2D eigenvalue weighted by Gasteiger charge is -2.34. The van der Waals surface area contributed by atoms with Crippen molar-refractivity contribution in [2.45, 2.75) is 78.0 Å². The Kier molecular flexibility index (Phi) is 7.19. The average molecular weight is 438 g/mol. The van der Waals surface area contributed by atoms with Gasteiger partial charge >= 0.3 is 0 Å². The lowest BCUT2D eigenvalue weighted by molar-refractivity contribution is 0.0652. The fraction of sp³-hybridized carbons (Fsp3) is 0.615. The molecule has 0 saturated carbocycles. The van der Waals surface area contributed by atoms with Gasteiger partial charge < -0.3 is 10.2 Å². The summed E-state index contributed by atoms with van der Waals surface area (Å²) in [7, 11) is 0. The molecule has 0 unspecified atom stereocenters. The van der Waals surface area contributed by atoms with E-state index < -0.39 is 0 Å². The van der Waals surface area contributed by atoms with Gasteiger partial charge in [-0.1, -0.05) is 32.0 Å². The Hall–Kier alpha value is -2.34. The van der Waals surface area contributed by atoms with Crippen LogP contribution in [0.4, 0.5) is 5.69 Å². The van der Waals surface area contributed by atoms with Gasteiger partial charge in [0.15, 0.2) is 0 Å². The van der Waals surface area contributed by atoms with E-state index in [1.165, 1.54) is 18.4 Å². The monoisotopic (exact) mass is 437 g/mol. The van der Waals surface area contributed by atoms with Crippen molar-refractivity contribution in [1.29, 1.82) is 0 Å². The first kappa shape index (κ1) is 22.8. The van der Waals surface area contributed by atoms with Crippen molar-refractivity contribution in [3.63, 3.8) is 0 Å². The van der Waals surface area contributed by atoms with E-state index >= 15 is 0 Å². The van der Waals surface area contributed by atoms with Gasteiger partial charge in [-0.3, -0.25) is 14.4 Å². The second-order valence-corrected chi connectivity index (χ2v) is 10.1. The summed E-state index contributed by atoms with van der Waals surface area (Å²) >= 11 is 0. The van der Waals surface area contributed by atoms with Gasteiger partial charge in [0.1, 0.15) is 5.69 Å². The van der Waals surface area contributed by atoms with Crippen LogP contribution >= 0.6 is 0 Å². The van der Waals surface area contributed by atoms with E-state index in [1.54, 1.807) is 6.20 Å². The molecule has 4 rings (SSSR count). The summed E-state index contributed by atoms with van der Waals surface area (Å²) < 4.78 is 1.85. The number of carbonyl (C=O) groups excluding carboxylic acids is 1. The number of nitrogens with one attached hydrogen (secondary N) is 1. The summed E-state index contributed by atoms with van der Waals surface area (Å²) in [5, 5.41) is 8.09. The largest absolute Gasteiger partial charge is 0.385 e. The first-order valence-corrected chi connectivity index (χ1v) is 12.3. The van der Waals surface area contributed by atoms with Gasteiger partial charge in [0.05, 0.1) is 0 Å². The number of amides is 1. The lowest BCUT2D eigenvalue weighted by atomic mass is 10.1. The number of carbonyl (C=O) groups is 1. The topological polar surface area (TPSA) is 53.4 Å². The van der Waals surface area contributed by atoms with Crippen LogP contribution in [0.3, 0.4) is 0 Å². The summed E-state index contributed by atoms with van der Waals surface area (Å²) in [4.78, 5) is 18.6. The SMILES string of the molecule is CC(C)CCN1[C@H]2CCNc3ccccc3CN(C(=O)c3ccnn3C(C)C)C[C@@H]1CC2. The molecule has 2 bridgehead atoms. The molecule has 174 valence electrons. The number of fused-ring (bicyclic) bond motifs is 3. The fourth-order valence-corrected chi connectivity index (χ4v) is 5.23. The third-order valence-corrected chi connectivity index (χ3v) is 7.00. The van der Waals surface area contributed by atoms with Gasteiger partial charge in [-0.05, 0) is 69.7 Å². The summed E-state index contributed by atoms with van der Waals surface area (Å²) in [6.45, 7) is 12.2. The molecule has 6 nitrogen and oxygen atoms in total. The minimum atomic E-state index is 0.0810. The Morgan fingerprint density at radius 3 is 2.66 bits per heavy atom. The number of anilines is 1. The number of para-hydroxylation sites is 1.